The lowest BCUT2D eigenvalue weighted by Gasteiger charge is -2.19. The number of carboxylic acid groups (broad SMARTS) is 1. The molecule has 0 radical (unpaired) electrons. The number of hydrogen-bond acceptors (Lipinski definition) is 3. The molecular weight excluding hydrogens is 439 g/mol. The standard InChI is InChI=1S/C23H24Cl2N2O2S/c1-4-14(23(28)29)15-8-10-27-18-7-9-26-20(12(2)3)19(18)22(21(15)27)30-13-5-6-16(24)17(25)11-13/h5-7,9,11-12,14-15H,4,8,10H2,1-3H3,(H,28,29). The number of carboxylic acids is 1. The van der Waals surface area contributed by atoms with E-state index in [9.17, 15) is 9.90 Å². The molecule has 1 aliphatic rings. The molecule has 0 amide bonds. The molecule has 7 heteroatoms. The molecule has 2 aromatic heterocycles. The quantitative estimate of drug-likeness (QED) is 0.420. The van der Waals surface area contributed by atoms with Crippen LogP contribution in [0.1, 0.15) is 56.8 Å². The fraction of sp³-hybridized carbons (Fsp3) is 0.391. The Hall–Kier alpha value is -1.69. The number of nitrogens with zero attached hydrogens (tertiary/aromatic N) is 2. The van der Waals surface area contributed by atoms with Crippen LogP contribution in [0.2, 0.25) is 10.0 Å². The predicted octanol–water partition coefficient (Wildman–Crippen LogP) is 7.22. The molecule has 2 atom stereocenters. The minimum atomic E-state index is -0.728. The minimum absolute atomic E-state index is 0.0230. The highest BCUT2D eigenvalue weighted by molar-refractivity contribution is 7.99. The number of fused-ring (bicyclic) bond motifs is 3. The molecule has 30 heavy (non-hydrogen) atoms. The second-order valence-electron chi connectivity index (χ2n) is 8.04. The predicted molar refractivity (Wildman–Crippen MR) is 123 cm³/mol. The van der Waals surface area contributed by atoms with E-state index in [1.54, 1.807) is 17.8 Å². The number of aromatic nitrogens is 2. The Morgan fingerprint density at radius 3 is 2.70 bits per heavy atom. The first-order valence-corrected chi connectivity index (χ1v) is 11.8. The summed E-state index contributed by atoms with van der Waals surface area (Å²) in [5, 5.41) is 12.0. The third-order valence-electron chi connectivity index (χ3n) is 5.92. The van der Waals surface area contributed by atoms with Crippen molar-refractivity contribution in [1.82, 2.24) is 9.55 Å². The molecule has 4 rings (SSSR count). The van der Waals surface area contributed by atoms with Gasteiger partial charge in [0.05, 0.1) is 27.2 Å². The van der Waals surface area contributed by atoms with Gasteiger partial charge in [-0.1, -0.05) is 55.7 Å². The van der Waals surface area contributed by atoms with Crippen LogP contribution in [0, 0.1) is 5.92 Å². The molecule has 1 aliphatic heterocycles. The first-order chi connectivity index (χ1) is 14.3. The van der Waals surface area contributed by atoms with E-state index >= 15 is 0 Å². The number of pyridine rings is 1. The van der Waals surface area contributed by atoms with Crippen molar-refractivity contribution in [2.45, 2.75) is 61.8 Å². The van der Waals surface area contributed by atoms with Crippen LogP contribution in [0.5, 0.6) is 0 Å². The highest BCUT2D eigenvalue weighted by atomic mass is 35.5. The molecule has 0 aliphatic carbocycles. The third-order valence-corrected chi connectivity index (χ3v) is 7.76. The van der Waals surface area contributed by atoms with E-state index in [2.05, 4.69) is 23.4 Å². The van der Waals surface area contributed by atoms with Crippen LogP contribution in [-0.2, 0) is 11.3 Å². The second-order valence-corrected chi connectivity index (χ2v) is 9.94. The summed E-state index contributed by atoms with van der Waals surface area (Å²) in [6, 6.07) is 7.68. The van der Waals surface area contributed by atoms with E-state index in [1.807, 2.05) is 31.3 Å². The zero-order valence-corrected chi connectivity index (χ0v) is 19.5. The average Bonchev–Trinajstić information content (AvgIpc) is 3.25. The zero-order chi connectivity index (χ0) is 21.6. The van der Waals surface area contributed by atoms with Crippen molar-refractivity contribution in [1.29, 1.82) is 0 Å². The molecule has 0 spiro atoms. The molecular formula is C23H24Cl2N2O2S. The molecule has 1 N–H and O–H groups in total. The van der Waals surface area contributed by atoms with Gasteiger partial charge in [-0.25, -0.2) is 0 Å². The van der Waals surface area contributed by atoms with Gasteiger partial charge >= 0.3 is 5.97 Å². The monoisotopic (exact) mass is 462 g/mol. The van der Waals surface area contributed by atoms with Crippen LogP contribution < -0.4 is 0 Å². The van der Waals surface area contributed by atoms with E-state index in [1.165, 1.54) is 0 Å². The maximum atomic E-state index is 12.0. The van der Waals surface area contributed by atoms with Gasteiger partial charge in [0.1, 0.15) is 0 Å². The lowest BCUT2D eigenvalue weighted by molar-refractivity contribution is -0.142. The Labute approximate surface area is 190 Å². The Balaban J connectivity index is 1.96. The van der Waals surface area contributed by atoms with E-state index in [0.717, 1.165) is 45.0 Å². The molecule has 0 bridgehead atoms. The van der Waals surface area contributed by atoms with Crippen LogP contribution in [-0.4, -0.2) is 20.6 Å². The number of hydrogen-bond donors (Lipinski definition) is 1. The summed E-state index contributed by atoms with van der Waals surface area (Å²) >= 11 is 14.0. The highest BCUT2D eigenvalue weighted by Gasteiger charge is 2.38. The maximum absolute atomic E-state index is 12.0. The normalized spacial score (nSPS) is 16.9. The molecule has 0 fully saturated rings. The topological polar surface area (TPSA) is 55.1 Å². The SMILES string of the molecule is CCC(C(=O)O)C1CCn2c1c(Sc1ccc(Cl)c(Cl)c1)c1c(C(C)C)nccc12. The van der Waals surface area contributed by atoms with E-state index in [0.29, 0.717) is 16.5 Å². The van der Waals surface area contributed by atoms with Gasteiger partial charge in [-0.05, 0) is 43.0 Å². The Bertz CT molecular complexity index is 1130. The lowest BCUT2D eigenvalue weighted by Crippen LogP contribution is -2.20. The number of benzene rings is 1. The van der Waals surface area contributed by atoms with Crippen molar-refractivity contribution in [3.05, 3.63) is 51.9 Å². The minimum Gasteiger partial charge on any atom is -0.481 e. The largest absolute Gasteiger partial charge is 0.481 e. The molecule has 3 heterocycles. The van der Waals surface area contributed by atoms with E-state index in [4.69, 9.17) is 23.2 Å². The van der Waals surface area contributed by atoms with Gasteiger partial charge in [0.15, 0.2) is 0 Å². The molecule has 1 aromatic carbocycles. The summed E-state index contributed by atoms with van der Waals surface area (Å²) < 4.78 is 2.30. The summed E-state index contributed by atoms with van der Waals surface area (Å²) in [5.41, 5.74) is 3.29. The van der Waals surface area contributed by atoms with Crippen LogP contribution >= 0.6 is 35.0 Å². The van der Waals surface area contributed by atoms with Crippen molar-refractivity contribution in [2.75, 3.05) is 0 Å². The van der Waals surface area contributed by atoms with Gasteiger partial charge < -0.3 is 9.67 Å². The Morgan fingerprint density at radius 2 is 2.07 bits per heavy atom. The van der Waals surface area contributed by atoms with Gasteiger partial charge in [-0.3, -0.25) is 9.78 Å². The smallest absolute Gasteiger partial charge is 0.307 e. The average molecular weight is 463 g/mol. The van der Waals surface area contributed by atoms with Gasteiger partial charge in [-0.2, -0.15) is 0 Å². The molecule has 0 saturated heterocycles. The van der Waals surface area contributed by atoms with Crippen molar-refractivity contribution in [3.63, 3.8) is 0 Å². The number of carbonyl (C=O) groups is 1. The van der Waals surface area contributed by atoms with Crippen LogP contribution in [0.4, 0.5) is 0 Å². The summed E-state index contributed by atoms with van der Waals surface area (Å²) in [7, 11) is 0. The summed E-state index contributed by atoms with van der Waals surface area (Å²) in [4.78, 5) is 18.8. The maximum Gasteiger partial charge on any atom is 0.307 e. The second kappa shape index (κ2) is 8.45. The third kappa shape index (κ3) is 3.61. The van der Waals surface area contributed by atoms with E-state index in [-0.39, 0.29) is 11.8 Å². The summed E-state index contributed by atoms with van der Waals surface area (Å²) in [6.07, 6.45) is 3.30. The number of aliphatic carboxylic acids is 1. The summed E-state index contributed by atoms with van der Waals surface area (Å²) in [5.74, 6) is -0.900. The molecule has 158 valence electrons. The van der Waals surface area contributed by atoms with Crippen molar-refractivity contribution < 1.29 is 9.90 Å². The molecule has 3 aromatic rings. The van der Waals surface area contributed by atoms with Crippen molar-refractivity contribution in [3.8, 4) is 0 Å². The molecule has 0 saturated carbocycles. The van der Waals surface area contributed by atoms with Gasteiger partial charge in [-0.15, -0.1) is 0 Å². The Kier molecular flexibility index (Phi) is 6.06. The van der Waals surface area contributed by atoms with Crippen LogP contribution in [0.3, 0.4) is 0 Å². The fourth-order valence-corrected chi connectivity index (χ4v) is 6.13. The van der Waals surface area contributed by atoms with Gasteiger partial charge in [0, 0.05) is 39.5 Å². The van der Waals surface area contributed by atoms with Crippen molar-refractivity contribution in [2.24, 2.45) is 5.92 Å². The molecule has 4 nitrogen and oxygen atoms in total. The van der Waals surface area contributed by atoms with E-state index < -0.39 is 11.9 Å². The Morgan fingerprint density at radius 1 is 1.30 bits per heavy atom. The number of aryl methyl sites for hydroxylation is 1. The van der Waals surface area contributed by atoms with Crippen molar-refractivity contribution >= 4 is 51.8 Å². The van der Waals surface area contributed by atoms with Crippen LogP contribution in [0.25, 0.3) is 10.9 Å². The number of rotatable bonds is 6. The molecule has 2 unspecified atom stereocenters. The first kappa shape index (κ1) is 21.5. The van der Waals surface area contributed by atoms with Crippen LogP contribution in [0.15, 0.2) is 40.3 Å². The lowest BCUT2D eigenvalue weighted by atomic mass is 9.86. The summed E-state index contributed by atoms with van der Waals surface area (Å²) in [6.45, 7) is 7.06. The fourth-order valence-electron chi connectivity index (χ4n) is 4.54. The van der Waals surface area contributed by atoms with Gasteiger partial charge in [0.2, 0.25) is 0 Å². The zero-order valence-electron chi connectivity index (χ0n) is 17.2. The van der Waals surface area contributed by atoms with Gasteiger partial charge in [0.25, 0.3) is 0 Å². The number of halogens is 2. The first-order valence-electron chi connectivity index (χ1n) is 10.2. The highest BCUT2D eigenvalue weighted by Crippen LogP contribution is 2.50.